The predicted octanol–water partition coefficient (Wildman–Crippen LogP) is 5.10. The Labute approximate surface area is 172 Å². The van der Waals surface area contributed by atoms with Crippen LogP contribution < -0.4 is 5.32 Å². The average molecular weight is 411 g/mol. The lowest BCUT2D eigenvalue weighted by molar-refractivity contribution is -0.147. The summed E-state index contributed by atoms with van der Waals surface area (Å²) >= 11 is 0. The molecule has 0 aliphatic heterocycles. The van der Waals surface area contributed by atoms with Crippen LogP contribution in [0, 0.1) is 18.3 Å². The van der Waals surface area contributed by atoms with Crippen LogP contribution in [-0.2, 0) is 6.42 Å². The molecular weight excluding hydrogens is 391 g/mol. The van der Waals surface area contributed by atoms with Crippen molar-refractivity contribution in [1.29, 1.82) is 5.26 Å². The van der Waals surface area contributed by atoms with Crippen molar-refractivity contribution in [2.24, 2.45) is 0 Å². The number of benzene rings is 2. The Morgan fingerprint density at radius 3 is 2.47 bits per heavy atom. The van der Waals surface area contributed by atoms with E-state index in [1.54, 1.807) is 61.5 Å². The van der Waals surface area contributed by atoms with Crippen LogP contribution in [0.15, 0.2) is 54.6 Å². The van der Waals surface area contributed by atoms with Gasteiger partial charge in [0.2, 0.25) is 0 Å². The third-order valence-corrected chi connectivity index (χ3v) is 4.84. The Morgan fingerprint density at radius 2 is 1.83 bits per heavy atom. The van der Waals surface area contributed by atoms with Gasteiger partial charge in [0.05, 0.1) is 34.3 Å². The number of pyridine rings is 1. The molecule has 1 aromatic heterocycles. The summed E-state index contributed by atoms with van der Waals surface area (Å²) in [7, 11) is 0. The van der Waals surface area contributed by atoms with Crippen LogP contribution in [0.1, 0.15) is 40.5 Å². The summed E-state index contributed by atoms with van der Waals surface area (Å²) in [6.45, 7) is 2.99. The molecule has 0 saturated heterocycles. The topological polar surface area (TPSA) is 65.8 Å². The fourth-order valence-electron chi connectivity index (χ4n) is 3.59. The van der Waals surface area contributed by atoms with Crippen molar-refractivity contribution < 1.29 is 18.0 Å². The van der Waals surface area contributed by atoms with Gasteiger partial charge in [0, 0.05) is 5.39 Å². The number of carbonyl (C=O) groups excluding carboxylic acids is 1. The summed E-state index contributed by atoms with van der Waals surface area (Å²) in [6.07, 6.45) is -5.59. The van der Waals surface area contributed by atoms with Gasteiger partial charge in [0.1, 0.15) is 6.07 Å². The Kier molecular flexibility index (Phi) is 5.79. The molecule has 30 heavy (non-hydrogen) atoms. The van der Waals surface area contributed by atoms with Crippen molar-refractivity contribution in [3.05, 3.63) is 77.0 Å². The molecule has 7 heteroatoms. The van der Waals surface area contributed by atoms with Gasteiger partial charge in [-0.25, -0.2) is 0 Å². The van der Waals surface area contributed by atoms with Gasteiger partial charge in [-0.3, -0.25) is 9.78 Å². The number of amides is 1. The van der Waals surface area contributed by atoms with Crippen molar-refractivity contribution in [3.8, 4) is 6.07 Å². The van der Waals surface area contributed by atoms with Crippen LogP contribution in [0.3, 0.4) is 0 Å². The molecule has 1 N–H and O–H groups in total. The number of para-hydroxylation sites is 1. The van der Waals surface area contributed by atoms with E-state index in [1.165, 1.54) is 6.92 Å². The van der Waals surface area contributed by atoms with Crippen molar-refractivity contribution in [2.45, 2.75) is 38.4 Å². The van der Waals surface area contributed by atoms with E-state index in [1.807, 2.05) is 6.07 Å². The van der Waals surface area contributed by atoms with Crippen molar-refractivity contribution in [1.82, 2.24) is 10.3 Å². The second-order valence-corrected chi connectivity index (χ2v) is 7.58. The van der Waals surface area contributed by atoms with Gasteiger partial charge < -0.3 is 5.32 Å². The number of fused-ring (bicyclic) bond motifs is 1. The highest BCUT2D eigenvalue weighted by molar-refractivity contribution is 5.99. The lowest BCUT2D eigenvalue weighted by atomic mass is 9.88. The van der Waals surface area contributed by atoms with E-state index in [4.69, 9.17) is 0 Å². The average Bonchev–Trinajstić information content (AvgIpc) is 2.65. The number of nitrogens with zero attached hydrogens (tertiary/aromatic N) is 2. The van der Waals surface area contributed by atoms with Crippen LogP contribution in [0.5, 0.6) is 0 Å². The van der Waals surface area contributed by atoms with Crippen LogP contribution in [0.2, 0.25) is 0 Å². The van der Waals surface area contributed by atoms with Gasteiger partial charge in [-0.2, -0.15) is 18.4 Å². The number of aryl methyl sites for hydroxylation is 1. The number of rotatable bonds is 5. The number of hydrogen-bond donors (Lipinski definition) is 1. The van der Waals surface area contributed by atoms with Gasteiger partial charge >= 0.3 is 6.18 Å². The number of hydrogen-bond acceptors (Lipinski definition) is 3. The van der Waals surface area contributed by atoms with E-state index in [-0.39, 0.29) is 12.0 Å². The van der Waals surface area contributed by atoms with Gasteiger partial charge in [-0.1, -0.05) is 42.5 Å². The Balaban J connectivity index is 1.95. The largest absolute Gasteiger partial charge is 0.391 e. The molecule has 3 rings (SSSR count). The van der Waals surface area contributed by atoms with Crippen LogP contribution in [0.4, 0.5) is 13.2 Å². The van der Waals surface area contributed by atoms with Gasteiger partial charge in [-0.05, 0) is 38.0 Å². The number of aromatic nitrogens is 1. The zero-order valence-corrected chi connectivity index (χ0v) is 16.5. The second kappa shape index (κ2) is 8.15. The Hall–Kier alpha value is -3.40. The van der Waals surface area contributed by atoms with E-state index in [0.29, 0.717) is 27.7 Å². The summed E-state index contributed by atoms with van der Waals surface area (Å²) in [6, 6.07) is 17.3. The van der Waals surface area contributed by atoms with Gasteiger partial charge in [0.15, 0.2) is 0 Å². The molecule has 0 aliphatic rings. The van der Waals surface area contributed by atoms with E-state index >= 15 is 0 Å². The maximum atomic E-state index is 13.3. The molecule has 0 spiro atoms. The zero-order valence-electron chi connectivity index (χ0n) is 16.5. The summed E-state index contributed by atoms with van der Waals surface area (Å²) in [4.78, 5) is 17.3. The number of halogens is 3. The van der Waals surface area contributed by atoms with Gasteiger partial charge in [0.25, 0.3) is 5.91 Å². The summed E-state index contributed by atoms with van der Waals surface area (Å²) in [5, 5.41) is 12.4. The highest BCUT2D eigenvalue weighted by Crippen LogP contribution is 2.30. The number of nitriles is 1. The summed E-state index contributed by atoms with van der Waals surface area (Å²) < 4.78 is 39.8. The number of alkyl halides is 3. The van der Waals surface area contributed by atoms with E-state index in [9.17, 15) is 23.2 Å². The smallest absolute Gasteiger partial charge is 0.346 e. The number of nitrogens with one attached hydrogen (secondary N) is 1. The monoisotopic (exact) mass is 411 g/mol. The number of carbonyl (C=O) groups is 1. The second-order valence-electron chi connectivity index (χ2n) is 7.58. The Bertz CT molecular complexity index is 1120. The van der Waals surface area contributed by atoms with Gasteiger partial charge in [-0.15, -0.1) is 0 Å². The molecule has 1 heterocycles. The summed E-state index contributed by atoms with van der Waals surface area (Å²) in [5.74, 6) is -0.632. The fraction of sp³-hybridized carbons (Fsp3) is 0.261. The fourth-order valence-corrected chi connectivity index (χ4v) is 3.59. The minimum Gasteiger partial charge on any atom is -0.346 e. The quantitative estimate of drug-likeness (QED) is 0.635. The minimum absolute atomic E-state index is 0.0255. The highest BCUT2D eigenvalue weighted by atomic mass is 19.4. The summed E-state index contributed by atoms with van der Waals surface area (Å²) in [5.41, 5.74) is 0.504. The van der Waals surface area contributed by atoms with E-state index < -0.39 is 24.0 Å². The van der Waals surface area contributed by atoms with Crippen molar-refractivity contribution >= 4 is 16.8 Å². The molecule has 3 aromatic rings. The molecule has 1 atom stereocenters. The SMILES string of the molecule is Cc1nc2c(C#N)cccc2cc1C(=O)NC(C)(Cc1ccccc1)CC(F)(F)F. The molecule has 4 nitrogen and oxygen atoms in total. The molecule has 0 fully saturated rings. The maximum absolute atomic E-state index is 13.3. The van der Waals surface area contributed by atoms with Crippen LogP contribution >= 0.6 is 0 Å². The van der Waals surface area contributed by atoms with E-state index in [0.717, 1.165) is 0 Å². The first-order chi connectivity index (χ1) is 14.1. The first kappa shape index (κ1) is 21.3. The Morgan fingerprint density at radius 1 is 1.13 bits per heavy atom. The third-order valence-electron chi connectivity index (χ3n) is 4.84. The molecule has 0 aliphatic carbocycles. The molecule has 1 unspecified atom stereocenters. The normalized spacial score (nSPS) is 13.5. The first-order valence-corrected chi connectivity index (χ1v) is 9.34. The lowest BCUT2D eigenvalue weighted by Gasteiger charge is -2.32. The molecule has 0 bridgehead atoms. The molecular formula is C23H20F3N3O. The maximum Gasteiger partial charge on any atom is 0.391 e. The lowest BCUT2D eigenvalue weighted by Crippen LogP contribution is -2.50. The standard InChI is InChI=1S/C23H20F3N3O/c1-15-19(11-17-9-6-10-18(13-27)20(17)28-15)21(30)29-22(2,14-23(24,25)26)12-16-7-4-3-5-8-16/h3-11H,12,14H2,1-2H3,(H,29,30). The molecule has 0 radical (unpaired) electrons. The van der Waals surface area contributed by atoms with Crippen molar-refractivity contribution in [2.75, 3.05) is 0 Å². The minimum atomic E-state index is -4.45. The van der Waals surface area contributed by atoms with Crippen LogP contribution in [-0.4, -0.2) is 22.6 Å². The molecule has 1 amide bonds. The predicted molar refractivity (Wildman–Crippen MR) is 108 cm³/mol. The molecule has 154 valence electrons. The van der Waals surface area contributed by atoms with Crippen molar-refractivity contribution in [3.63, 3.8) is 0 Å². The highest BCUT2D eigenvalue weighted by Gasteiger charge is 2.40. The third kappa shape index (κ3) is 4.95. The first-order valence-electron chi connectivity index (χ1n) is 9.34. The molecule has 2 aromatic carbocycles. The zero-order chi connectivity index (χ0) is 21.9. The van der Waals surface area contributed by atoms with Crippen LogP contribution in [0.25, 0.3) is 10.9 Å². The molecule has 0 saturated carbocycles. The van der Waals surface area contributed by atoms with E-state index in [2.05, 4.69) is 10.3 Å².